The van der Waals surface area contributed by atoms with Crippen LogP contribution in [0.15, 0.2) is 64.5 Å². The van der Waals surface area contributed by atoms with Gasteiger partial charge in [-0.25, -0.2) is 0 Å². The first-order valence-electron chi connectivity index (χ1n) is 10.6. The first kappa shape index (κ1) is 23.9. The van der Waals surface area contributed by atoms with E-state index in [1.165, 1.54) is 5.69 Å². The molecule has 4 aromatic rings. The van der Waals surface area contributed by atoms with Crippen molar-refractivity contribution in [1.29, 1.82) is 0 Å². The predicted octanol–water partition coefficient (Wildman–Crippen LogP) is 5.19. The number of aromatic nitrogens is 1. The van der Waals surface area contributed by atoms with Crippen LogP contribution in [0.2, 0.25) is 5.02 Å². The van der Waals surface area contributed by atoms with Crippen LogP contribution in [0.3, 0.4) is 0 Å². The zero-order valence-electron chi connectivity index (χ0n) is 17.9. The molecular formula is C24H25Cl2N3O3S. The molecule has 0 aliphatic carbocycles. The van der Waals surface area contributed by atoms with E-state index >= 15 is 0 Å². The van der Waals surface area contributed by atoms with E-state index in [1.54, 1.807) is 11.3 Å². The number of nitrogens with zero attached hydrogens (tertiary/aromatic N) is 3. The van der Waals surface area contributed by atoms with Crippen LogP contribution < -0.4 is 9.64 Å². The molecule has 1 aliphatic heterocycles. The minimum atomic E-state index is -0.559. The minimum absolute atomic E-state index is 0. The van der Waals surface area contributed by atoms with Crippen molar-refractivity contribution >= 4 is 51.3 Å². The fourth-order valence-corrected chi connectivity index (χ4v) is 4.92. The molecule has 0 radical (unpaired) electrons. The molecule has 0 saturated carbocycles. The molecule has 2 aromatic carbocycles. The lowest BCUT2D eigenvalue weighted by Crippen LogP contribution is -2.49. The number of ether oxygens (including phenoxy) is 1. The van der Waals surface area contributed by atoms with Crippen LogP contribution >= 0.6 is 35.3 Å². The van der Waals surface area contributed by atoms with Crippen molar-refractivity contribution in [3.63, 3.8) is 0 Å². The van der Waals surface area contributed by atoms with E-state index in [9.17, 15) is 5.11 Å². The molecule has 0 amide bonds. The summed E-state index contributed by atoms with van der Waals surface area (Å²) in [5, 5.41) is 17.5. The highest BCUT2D eigenvalue weighted by molar-refractivity contribution is 7.17. The van der Waals surface area contributed by atoms with E-state index in [-0.39, 0.29) is 19.0 Å². The Hall–Kier alpha value is -2.29. The standard InChI is InChI=1S/C24H24ClN3O3S.ClH/c25-18-4-6-19(7-5-18)28-11-9-27(10-12-28)15-20(29)16-30-21-3-1-2-17(14-21)23-24-22(31-26-23)8-13-32-24;/h1-8,13-14,20,29H,9-12,15-16H2;1H/t20-;/m1./s1. The molecule has 6 nitrogen and oxygen atoms in total. The van der Waals surface area contributed by atoms with Gasteiger partial charge in [-0.3, -0.25) is 4.90 Å². The number of hydrogen-bond donors (Lipinski definition) is 1. The summed E-state index contributed by atoms with van der Waals surface area (Å²) < 4.78 is 12.3. The van der Waals surface area contributed by atoms with Crippen LogP contribution in [0, 0.1) is 0 Å². The molecule has 1 atom stereocenters. The van der Waals surface area contributed by atoms with E-state index in [0.717, 1.165) is 52.7 Å². The van der Waals surface area contributed by atoms with E-state index in [0.29, 0.717) is 12.3 Å². The number of aliphatic hydroxyl groups excluding tert-OH is 1. The van der Waals surface area contributed by atoms with Gasteiger partial charge in [0.05, 0.1) is 0 Å². The Balaban J connectivity index is 0.00000259. The number of anilines is 1. The van der Waals surface area contributed by atoms with Crippen molar-refractivity contribution in [1.82, 2.24) is 10.1 Å². The molecule has 2 aromatic heterocycles. The van der Waals surface area contributed by atoms with Gasteiger partial charge >= 0.3 is 0 Å². The molecule has 174 valence electrons. The molecule has 33 heavy (non-hydrogen) atoms. The molecule has 1 N–H and O–H groups in total. The molecule has 1 saturated heterocycles. The largest absolute Gasteiger partial charge is 0.491 e. The number of fused-ring (bicyclic) bond motifs is 1. The average Bonchev–Trinajstić information content (AvgIpc) is 3.43. The lowest BCUT2D eigenvalue weighted by Gasteiger charge is -2.36. The number of halogens is 2. The SMILES string of the molecule is Cl.O[C@@H](COc1cccc(-c2noc3ccsc23)c1)CN1CCN(c2ccc(Cl)cc2)CC1. The second kappa shape index (κ2) is 10.8. The maximum absolute atomic E-state index is 10.5. The number of β-amino-alcohol motifs (C(OH)–C–C–N with tert-alkyl or cyclic N) is 1. The van der Waals surface area contributed by atoms with Gasteiger partial charge in [0.1, 0.15) is 28.9 Å². The second-order valence-electron chi connectivity index (χ2n) is 7.90. The van der Waals surface area contributed by atoms with Gasteiger partial charge in [0, 0.05) is 49.0 Å². The summed E-state index contributed by atoms with van der Waals surface area (Å²) in [4.78, 5) is 4.62. The summed E-state index contributed by atoms with van der Waals surface area (Å²) in [6, 6.07) is 17.6. The fraction of sp³-hybridized carbons (Fsp3) is 0.292. The number of aliphatic hydroxyl groups is 1. The predicted molar refractivity (Wildman–Crippen MR) is 136 cm³/mol. The number of benzene rings is 2. The van der Waals surface area contributed by atoms with Gasteiger partial charge in [0.15, 0.2) is 5.58 Å². The number of piperazine rings is 1. The fourth-order valence-electron chi connectivity index (χ4n) is 3.98. The van der Waals surface area contributed by atoms with Crippen LogP contribution in [0.1, 0.15) is 0 Å². The molecule has 5 rings (SSSR count). The average molecular weight is 506 g/mol. The maximum Gasteiger partial charge on any atom is 0.178 e. The smallest absolute Gasteiger partial charge is 0.178 e. The first-order chi connectivity index (χ1) is 15.7. The Morgan fingerprint density at radius 3 is 2.67 bits per heavy atom. The zero-order chi connectivity index (χ0) is 21.9. The normalized spacial score (nSPS) is 15.4. The van der Waals surface area contributed by atoms with Crippen LogP contribution in [0.5, 0.6) is 5.75 Å². The van der Waals surface area contributed by atoms with Gasteiger partial charge in [-0.05, 0) is 47.8 Å². The topological polar surface area (TPSA) is 62.0 Å². The van der Waals surface area contributed by atoms with Crippen molar-refractivity contribution in [3.8, 4) is 17.0 Å². The highest BCUT2D eigenvalue weighted by atomic mass is 35.5. The van der Waals surface area contributed by atoms with Crippen LogP contribution in [-0.4, -0.2) is 60.6 Å². The van der Waals surface area contributed by atoms with Gasteiger partial charge in [0.25, 0.3) is 0 Å². The molecular weight excluding hydrogens is 481 g/mol. The highest BCUT2D eigenvalue weighted by Crippen LogP contribution is 2.33. The Morgan fingerprint density at radius 1 is 1.09 bits per heavy atom. The van der Waals surface area contributed by atoms with Gasteiger partial charge in [-0.2, -0.15) is 0 Å². The van der Waals surface area contributed by atoms with Crippen molar-refractivity contribution in [3.05, 3.63) is 65.0 Å². The molecule has 0 unspecified atom stereocenters. The van der Waals surface area contributed by atoms with Crippen molar-refractivity contribution in [2.24, 2.45) is 0 Å². The zero-order valence-corrected chi connectivity index (χ0v) is 20.3. The van der Waals surface area contributed by atoms with E-state index in [2.05, 4.69) is 27.1 Å². The molecule has 0 spiro atoms. The minimum Gasteiger partial charge on any atom is -0.491 e. The monoisotopic (exact) mass is 505 g/mol. The maximum atomic E-state index is 10.5. The Kier molecular flexibility index (Phi) is 7.78. The van der Waals surface area contributed by atoms with E-state index in [4.69, 9.17) is 20.9 Å². The third kappa shape index (κ3) is 5.62. The van der Waals surface area contributed by atoms with Gasteiger partial charge in [-0.1, -0.05) is 28.9 Å². The lowest BCUT2D eigenvalue weighted by molar-refractivity contribution is 0.0663. The molecule has 9 heteroatoms. The van der Waals surface area contributed by atoms with E-state index in [1.807, 2.05) is 47.8 Å². The Morgan fingerprint density at radius 2 is 1.88 bits per heavy atom. The molecule has 1 fully saturated rings. The van der Waals surface area contributed by atoms with Gasteiger partial charge < -0.3 is 19.3 Å². The van der Waals surface area contributed by atoms with Crippen molar-refractivity contribution < 1.29 is 14.4 Å². The van der Waals surface area contributed by atoms with Gasteiger partial charge in [-0.15, -0.1) is 23.7 Å². The first-order valence-corrected chi connectivity index (χ1v) is 11.9. The van der Waals surface area contributed by atoms with Crippen LogP contribution in [0.25, 0.3) is 21.5 Å². The molecule has 0 bridgehead atoms. The lowest BCUT2D eigenvalue weighted by atomic mass is 10.1. The van der Waals surface area contributed by atoms with Gasteiger partial charge in [0.2, 0.25) is 0 Å². The molecule has 3 heterocycles. The molecule has 1 aliphatic rings. The summed E-state index contributed by atoms with van der Waals surface area (Å²) in [5.74, 6) is 0.710. The summed E-state index contributed by atoms with van der Waals surface area (Å²) in [6.45, 7) is 4.48. The highest BCUT2D eigenvalue weighted by Gasteiger charge is 2.20. The number of thiophene rings is 1. The van der Waals surface area contributed by atoms with E-state index < -0.39 is 6.10 Å². The quantitative estimate of drug-likeness (QED) is 0.372. The van der Waals surface area contributed by atoms with Crippen LogP contribution in [0.4, 0.5) is 5.69 Å². The second-order valence-corrected chi connectivity index (χ2v) is 9.25. The third-order valence-electron chi connectivity index (χ3n) is 5.66. The summed E-state index contributed by atoms with van der Waals surface area (Å²) >= 11 is 7.59. The summed E-state index contributed by atoms with van der Waals surface area (Å²) in [7, 11) is 0. The number of hydrogen-bond acceptors (Lipinski definition) is 7. The van der Waals surface area contributed by atoms with Crippen molar-refractivity contribution in [2.45, 2.75) is 6.10 Å². The number of rotatable bonds is 7. The summed E-state index contributed by atoms with van der Waals surface area (Å²) in [5.41, 5.74) is 3.74. The Labute approximate surface area is 207 Å². The van der Waals surface area contributed by atoms with Crippen molar-refractivity contribution in [2.75, 3.05) is 44.2 Å². The van der Waals surface area contributed by atoms with Crippen LogP contribution in [-0.2, 0) is 0 Å². The third-order valence-corrected chi connectivity index (χ3v) is 6.82. The summed E-state index contributed by atoms with van der Waals surface area (Å²) in [6.07, 6.45) is -0.559. The Bertz CT molecular complexity index is 1170.